The minimum atomic E-state index is -0.348. The monoisotopic (exact) mass is 319 g/mol. The first-order valence-electron chi connectivity index (χ1n) is 7.34. The van der Waals surface area contributed by atoms with E-state index in [0.29, 0.717) is 22.6 Å². The third-order valence-electron chi connectivity index (χ3n) is 3.48. The Labute approximate surface area is 137 Å². The van der Waals surface area contributed by atoms with Crippen LogP contribution in [0, 0.1) is 6.92 Å². The van der Waals surface area contributed by atoms with E-state index in [1.54, 1.807) is 47.5 Å². The molecular formula is C17H13N5O2. The molecule has 0 radical (unpaired) electrons. The molecule has 0 fully saturated rings. The van der Waals surface area contributed by atoms with Gasteiger partial charge in [-0.05, 0) is 37.3 Å². The molecule has 4 heterocycles. The lowest BCUT2D eigenvalue weighted by Crippen LogP contribution is -2.11. The summed E-state index contributed by atoms with van der Waals surface area (Å²) >= 11 is 0. The van der Waals surface area contributed by atoms with Crippen molar-refractivity contribution in [3.05, 3.63) is 66.4 Å². The average Bonchev–Trinajstić information content (AvgIpc) is 3.24. The molecule has 0 saturated carbocycles. The van der Waals surface area contributed by atoms with Crippen LogP contribution in [0.1, 0.15) is 16.2 Å². The van der Waals surface area contributed by atoms with Crippen molar-refractivity contribution in [2.45, 2.75) is 6.92 Å². The van der Waals surface area contributed by atoms with E-state index in [2.05, 4.69) is 20.4 Å². The van der Waals surface area contributed by atoms with Crippen LogP contribution in [0.3, 0.4) is 0 Å². The normalized spacial score (nSPS) is 10.9. The van der Waals surface area contributed by atoms with Crippen LogP contribution in [0.15, 0.2) is 59.4 Å². The maximum Gasteiger partial charge on any atom is 0.291 e. The quantitative estimate of drug-likeness (QED) is 0.627. The Bertz CT molecular complexity index is 1000. The molecule has 4 aromatic rings. The summed E-state index contributed by atoms with van der Waals surface area (Å²) in [5.74, 6) is 0.528. The van der Waals surface area contributed by atoms with Gasteiger partial charge in [0.2, 0.25) is 0 Å². The fourth-order valence-electron chi connectivity index (χ4n) is 2.33. The largest absolute Gasteiger partial charge is 0.449 e. The highest BCUT2D eigenvalue weighted by molar-refractivity contribution is 6.04. The molecule has 0 bridgehead atoms. The highest BCUT2D eigenvalue weighted by Crippen LogP contribution is 2.19. The van der Waals surface area contributed by atoms with Gasteiger partial charge in [-0.25, -0.2) is 14.6 Å². The molecule has 0 spiro atoms. The lowest BCUT2D eigenvalue weighted by atomic mass is 10.3. The highest BCUT2D eigenvalue weighted by Gasteiger charge is 2.13. The van der Waals surface area contributed by atoms with Gasteiger partial charge in [0, 0.05) is 24.2 Å². The van der Waals surface area contributed by atoms with E-state index in [0.717, 1.165) is 5.69 Å². The number of carbonyl (C=O) groups is 1. The summed E-state index contributed by atoms with van der Waals surface area (Å²) in [5.41, 5.74) is 2.68. The number of carbonyl (C=O) groups excluding carboxylic acids is 1. The van der Waals surface area contributed by atoms with E-state index >= 15 is 0 Å². The Morgan fingerprint density at radius 1 is 1.25 bits per heavy atom. The molecule has 0 aliphatic rings. The lowest BCUT2D eigenvalue weighted by Gasteiger charge is -2.04. The summed E-state index contributed by atoms with van der Waals surface area (Å²) < 4.78 is 7.17. The first-order chi connectivity index (χ1) is 11.7. The molecule has 7 nitrogen and oxygen atoms in total. The molecule has 24 heavy (non-hydrogen) atoms. The first-order valence-corrected chi connectivity index (χ1v) is 7.34. The van der Waals surface area contributed by atoms with E-state index in [1.807, 2.05) is 19.1 Å². The van der Waals surface area contributed by atoms with Crippen molar-refractivity contribution < 1.29 is 9.21 Å². The predicted octanol–water partition coefficient (Wildman–Crippen LogP) is 2.97. The molecule has 1 amide bonds. The van der Waals surface area contributed by atoms with Crippen LogP contribution >= 0.6 is 0 Å². The van der Waals surface area contributed by atoms with Crippen molar-refractivity contribution in [2.75, 3.05) is 5.32 Å². The molecule has 4 rings (SSSR count). The Kier molecular flexibility index (Phi) is 3.31. The fraction of sp³-hybridized carbons (Fsp3) is 0.0588. The van der Waals surface area contributed by atoms with E-state index in [9.17, 15) is 4.79 Å². The van der Waals surface area contributed by atoms with Crippen molar-refractivity contribution in [3.8, 4) is 5.82 Å². The van der Waals surface area contributed by atoms with E-state index in [-0.39, 0.29) is 11.7 Å². The number of aryl methyl sites for hydroxylation is 1. The van der Waals surface area contributed by atoms with Crippen LogP contribution in [0.25, 0.3) is 16.9 Å². The fourth-order valence-corrected chi connectivity index (χ4v) is 2.33. The van der Waals surface area contributed by atoms with Gasteiger partial charge < -0.3 is 9.73 Å². The number of hydrogen-bond acceptors (Lipinski definition) is 5. The molecule has 0 unspecified atom stereocenters. The molecule has 0 aliphatic heterocycles. The SMILES string of the molecule is Cc1ccc2oc(C(=O)Nc3ccc(-n4cccn4)nc3)cc2n1. The molecule has 1 N–H and O–H groups in total. The Morgan fingerprint density at radius 3 is 2.92 bits per heavy atom. The average molecular weight is 319 g/mol. The summed E-state index contributed by atoms with van der Waals surface area (Å²) in [6.07, 6.45) is 5.04. The summed E-state index contributed by atoms with van der Waals surface area (Å²) in [5, 5.41) is 6.85. The predicted molar refractivity (Wildman–Crippen MR) is 88.1 cm³/mol. The Morgan fingerprint density at radius 2 is 2.17 bits per heavy atom. The number of fused-ring (bicyclic) bond motifs is 1. The third-order valence-corrected chi connectivity index (χ3v) is 3.48. The number of furan rings is 1. The summed E-state index contributed by atoms with van der Waals surface area (Å²) in [6, 6.07) is 10.6. The van der Waals surface area contributed by atoms with Crippen LogP contribution in [-0.2, 0) is 0 Å². The van der Waals surface area contributed by atoms with Crippen molar-refractivity contribution >= 4 is 22.7 Å². The van der Waals surface area contributed by atoms with Crippen LogP contribution in [0.5, 0.6) is 0 Å². The van der Waals surface area contributed by atoms with Gasteiger partial charge in [-0.3, -0.25) is 4.79 Å². The summed E-state index contributed by atoms with van der Waals surface area (Å²) in [7, 11) is 0. The van der Waals surface area contributed by atoms with Crippen LogP contribution in [-0.4, -0.2) is 25.7 Å². The number of amides is 1. The molecule has 0 saturated heterocycles. The number of nitrogens with zero attached hydrogens (tertiary/aromatic N) is 4. The zero-order valence-electron chi connectivity index (χ0n) is 12.8. The maximum absolute atomic E-state index is 12.3. The number of pyridine rings is 2. The van der Waals surface area contributed by atoms with Gasteiger partial charge in [0.15, 0.2) is 17.2 Å². The van der Waals surface area contributed by atoms with Gasteiger partial charge in [0.1, 0.15) is 5.52 Å². The number of rotatable bonds is 3. The van der Waals surface area contributed by atoms with E-state index in [4.69, 9.17) is 4.42 Å². The Hall–Kier alpha value is -3.48. The van der Waals surface area contributed by atoms with Gasteiger partial charge in [-0.15, -0.1) is 0 Å². The third kappa shape index (κ3) is 2.63. The number of hydrogen-bond donors (Lipinski definition) is 1. The van der Waals surface area contributed by atoms with Crippen LogP contribution in [0.4, 0.5) is 5.69 Å². The molecular weight excluding hydrogens is 306 g/mol. The zero-order valence-corrected chi connectivity index (χ0v) is 12.8. The van der Waals surface area contributed by atoms with E-state index < -0.39 is 0 Å². The standard InChI is InChI=1S/C17H13N5O2/c1-11-3-5-14-13(20-11)9-15(24-14)17(23)21-12-4-6-16(18-10-12)22-8-2-7-19-22/h2-10H,1H3,(H,21,23). The van der Waals surface area contributed by atoms with Crippen LogP contribution < -0.4 is 5.32 Å². The molecule has 0 aliphatic carbocycles. The highest BCUT2D eigenvalue weighted by atomic mass is 16.3. The molecule has 7 heteroatoms. The number of nitrogens with one attached hydrogen (secondary N) is 1. The molecule has 0 atom stereocenters. The van der Waals surface area contributed by atoms with Gasteiger partial charge in [0.25, 0.3) is 5.91 Å². The smallest absolute Gasteiger partial charge is 0.291 e. The second kappa shape index (κ2) is 5.62. The Balaban J connectivity index is 1.54. The number of anilines is 1. The van der Waals surface area contributed by atoms with E-state index in [1.165, 1.54) is 0 Å². The summed E-state index contributed by atoms with van der Waals surface area (Å²) in [4.78, 5) is 20.9. The zero-order chi connectivity index (χ0) is 16.5. The maximum atomic E-state index is 12.3. The van der Waals surface area contributed by atoms with Crippen LogP contribution in [0.2, 0.25) is 0 Å². The molecule has 118 valence electrons. The minimum Gasteiger partial charge on any atom is -0.449 e. The van der Waals surface area contributed by atoms with Gasteiger partial charge >= 0.3 is 0 Å². The molecule has 4 aromatic heterocycles. The minimum absolute atomic E-state index is 0.208. The van der Waals surface area contributed by atoms with Gasteiger partial charge in [-0.2, -0.15) is 5.10 Å². The lowest BCUT2D eigenvalue weighted by molar-refractivity contribution is 0.0998. The summed E-state index contributed by atoms with van der Waals surface area (Å²) in [6.45, 7) is 1.89. The van der Waals surface area contributed by atoms with Crippen molar-refractivity contribution in [3.63, 3.8) is 0 Å². The second-order valence-corrected chi connectivity index (χ2v) is 5.26. The van der Waals surface area contributed by atoms with Crippen molar-refractivity contribution in [2.24, 2.45) is 0 Å². The molecule has 0 aromatic carbocycles. The second-order valence-electron chi connectivity index (χ2n) is 5.26. The first kappa shape index (κ1) is 14.1. The number of aromatic nitrogens is 4. The van der Waals surface area contributed by atoms with Crippen molar-refractivity contribution in [1.29, 1.82) is 0 Å². The van der Waals surface area contributed by atoms with Gasteiger partial charge in [-0.1, -0.05) is 0 Å². The van der Waals surface area contributed by atoms with Crippen molar-refractivity contribution in [1.82, 2.24) is 19.7 Å². The topological polar surface area (TPSA) is 85.8 Å². The van der Waals surface area contributed by atoms with Gasteiger partial charge in [0.05, 0.1) is 11.9 Å².